The maximum Gasteiger partial charge on any atom is 0.236 e. The molecule has 132 valence electrons. The van der Waals surface area contributed by atoms with E-state index in [0.29, 0.717) is 13.1 Å². The molecule has 25 heavy (non-hydrogen) atoms. The number of hydrogen-bond acceptors (Lipinski definition) is 2. The predicted octanol–water partition coefficient (Wildman–Crippen LogP) is 3.92. The van der Waals surface area contributed by atoms with Gasteiger partial charge < -0.3 is 10.2 Å². The van der Waals surface area contributed by atoms with Crippen molar-refractivity contribution in [2.24, 2.45) is 0 Å². The lowest BCUT2D eigenvalue weighted by molar-refractivity contribution is -0.128. The van der Waals surface area contributed by atoms with Crippen LogP contribution in [0.15, 0.2) is 60.7 Å². The third-order valence-corrected chi connectivity index (χ3v) is 3.97. The highest BCUT2D eigenvalue weighted by Crippen LogP contribution is 2.18. The van der Waals surface area contributed by atoms with Gasteiger partial charge in [0.25, 0.3) is 0 Å². The minimum Gasteiger partial charge on any atom is -0.356 e. The topological polar surface area (TPSA) is 49.4 Å². The number of nitrogens with one attached hydrogen (secondary N) is 1. The van der Waals surface area contributed by atoms with Crippen molar-refractivity contribution in [2.75, 3.05) is 11.4 Å². The van der Waals surface area contributed by atoms with Crippen LogP contribution in [0.3, 0.4) is 0 Å². The van der Waals surface area contributed by atoms with Gasteiger partial charge in [-0.15, -0.1) is 0 Å². The van der Waals surface area contributed by atoms with Crippen LogP contribution in [0.1, 0.15) is 38.2 Å². The molecule has 2 aromatic carbocycles. The van der Waals surface area contributed by atoms with E-state index >= 15 is 0 Å². The molecule has 2 rings (SSSR count). The summed E-state index contributed by atoms with van der Waals surface area (Å²) in [7, 11) is 0. The molecule has 0 aliphatic rings. The minimum absolute atomic E-state index is 0.131. The van der Waals surface area contributed by atoms with Gasteiger partial charge >= 0.3 is 0 Å². The first-order valence-corrected chi connectivity index (χ1v) is 8.86. The van der Waals surface area contributed by atoms with E-state index in [1.54, 1.807) is 4.90 Å². The molecule has 4 nitrogen and oxygen atoms in total. The molecule has 0 unspecified atom stereocenters. The standard InChI is InChI=1S/C21H26N2O2/c1-2-3-10-15-22-20(24)16-21(25)23(19-13-8-5-9-14-19)17-18-11-6-4-7-12-18/h4-9,11-14H,2-3,10,15-17H2,1H3,(H,22,24). The van der Waals surface area contributed by atoms with E-state index < -0.39 is 0 Å². The van der Waals surface area contributed by atoms with Gasteiger partial charge in [-0.2, -0.15) is 0 Å². The highest BCUT2D eigenvalue weighted by atomic mass is 16.2. The van der Waals surface area contributed by atoms with Gasteiger partial charge in [-0.3, -0.25) is 9.59 Å². The molecule has 4 heteroatoms. The number of carbonyl (C=O) groups is 2. The van der Waals surface area contributed by atoms with Crippen LogP contribution in [-0.4, -0.2) is 18.4 Å². The normalized spacial score (nSPS) is 10.3. The number of amides is 2. The lowest BCUT2D eigenvalue weighted by Gasteiger charge is -2.23. The average Bonchev–Trinajstić information content (AvgIpc) is 2.65. The molecule has 0 spiro atoms. The summed E-state index contributed by atoms with van der Waals surface area (Å²) in [5.74, 6) is -0.404. The number of unbranched alkanes of at least 4 members (excludes halogenated alkanes) is 2. The van der Waals surface area contributed by atoms with Crippen molar-refractivity contribution in [1.29, 1.82) is 0 Å². The van der Waals surface area contributed by atoms with Crippen molar-refractivity contribution in [1.82, 2.24) is 5.32 Å². The van der Waals surface area contributed by atoms with Gasteiger partial charge in [-0.1, -0.05) is 68.3 Å². The Hall–Kier alpha value is -2.62. The predicted molar refractivity (Wildman–Crippen MR) is 101 cm³/mol. The molecule has 0 saturated carbocycles. The summed E-state index contributed by atoms with van der Waals surface area (Å²) >= 11 is 0. The van der Waals surface area contributed by atoms with Gasteiger partial charge in [0.05, 0.1) is 6.54 Å². The fourth-order valence-electron chi connectivity index (χ4n) is 2.60. The van der Waals surface area contributed by atoms with Gasteiger partial charge in [-0.05, 0) is 24.1 Å². The first kappa shape index (κ1) is 18.7. The fraction of sp³-hybridized carbons (Fsp3) is 0.333. The van der Waals surface area contributed by atoms with E-state index in [1.165, 1.54) is 0 Å². The zero-order valence-corrected chi connectivity index (χ0v) is 14.8. The molecule has 0 bridgehead atoms. The lowest BCUT2D eigenvalue weighted by atomic mass is 10.1. The zero-order chi connectivity index (χ0) is 17.9. The second-order valence-corrected chi connectivity index (χ2v) is 6.03. The monoisotopic (exact) mass is 338 g/mol. The van der Waals surface area contributed by atoms with Crippen LogP contribution in [0.4, 0.5) is 5.69 Å². The van der Waals surface area contributed by atoms with Gasteiger partial charge in [-0.25, -0.2) is 0 Å². The molecule has 0 radical (unpaired) electrons. The maximum absolute atomic E-state index is 12.7. The largest absolute Gasteiger partial charge is 0.356 e. The first-order valence-electron chi connectivity index (χ1n) is 8.86. The van der Waals surface area contributed by atoms with Crippen molar-refractivity contribution < 1.29 is 9.59 Å². The maximum atomic E-state index is 12.7. The number of rotatable bonds is 9. The quantitative estimate of drug-likeness (QED) is 0.556. The summed E-state index contributed by atoms with van der Waals surface area (Å²) in [6, 6.07) is 19.3. The van der Waals surface area contributed by atoms with E-state index in [9.17, 15) is 9.59 Å². The molecule has 0 aliphatic carbocycles. The Morgan fingerprint density at radius 3 is 2.20 bits per heavy atom. The Morgan fingerprint density at radius 2 is 1.56 bits per heavy atom. The number of nitrogens with zero attached hydrogens (tertiary/aromatic N) is 1. The third kappa shape index (κ3) is 6.42. The number of hydrogen-bond donors (Lipinski definition) is 1. The summed E-state index contributed by atoms with van der Waals surface area (Å²) in [6.07, 6.45) is 3.00. The van der Waals surface area contributed by atoms with Gasteiger partial charge in [0.2, 0.25) is 11.8 Å². The fourth-order valence-corrected chi connectivity index (χ4v) is 2.60. The summed E-state index contributed by atoms with van der Waals surface area (Å²) in [5, 5.41) is 2.83. The van der Waals surface area contributed by atoms with E-state index in [2.05, 4.69) is 12.2 Å². The Labute approximate surface area is 149 Å². The molecule has 2 aromatic rings. The van der Waals surface area contributed by atoms with Crippen molar-refractivity contribution in [2.45, 2.75) is 39.2 Å². The smallest absolute Gasteiger partial charge is 0.236 e. The second-order valence-electron chi connectivity index (χ2n) is 6.03. The molecule has 0 fully saturated rings. The van der Waals surface area contributed by atoms with Crippen molar-refractivity contribution in [3.05, 3.63) is 66.2 Å². The molecule has 0 aliphatic heterocycles. The van der Waals surface area contributed by atoms with Crippen LogP contribution in [-0.2, 0) is 16.1 Å². The highest BCUT2D eigenvalue weighted by Gasteiger charge is 2.19. The Balaban J connectivity index is 2.02. The Bertz CT molecular complexity index is 656. The van der Waals surface area contributed by atoms with Crippen LogP contribution in [0.2, 0.25) is 0 Å². The molecule has 2 amide bonds. The van der Waals surface area contributed by atoms with Crippen LogP contribution in [0.25, 0.3) is 0 Å². The molecular formula is C21H26N2O2. The van der Waals surface area contributed by atoms with E-state index in [4.69, 9.17) is 0 Å². The van der Waals surface area contributed by atoms with E-state index in [1.807, 2.05) is 60.7 Å². The molecule has 0 atom stereocenters. The Morgan fingerprint density at radius 1 is 0.920 bits per heavy atom. The summed E-state index contributed by atoms with van der Waals surface area (Å²) in [5.41, 5.74) is 1.83. The molecule has 0 heterocycles. The van der Waals surface area contributed by atoms with Crippen molar-refractivity contribution in [3.8, 4) is 0 Å². The van der Waals surface area contributed by atoms with Crippen LogP contribution >= 0.6 is 0 Å². The second kappa shape index (κ2) is 10.3. The SMILES string of the molecule is CCCCCNC(=O)CC(=O)N(Cc1ccccc1)c1ccccc1. The number of benzene rings is 2. The summed E-state index contributed by atoms with van der Waals surface area (Å²) in [6.45, 7) is 3.20. The number of anilines is 1. The number of carbonyl (C=O) groups excluding carboxylic acids is 2. The third-order valence-electron chi connectivity index (χ3n) is 3.97. The molecule has 1 N–H and O–H groups in total. The van der Waals surface area contributed by atoms with Crippen LogP contribution < -0.4 is 10.2 Å². The molecule has 0 aromatic heterocycles. The lowest BCUT2D eigenvalue weighted by Crippen LogP contribution is -2.35. The van der Waals surface area contributed by atoms with Crippen molar-refractivity contribution >= 4 is 17.5 Å². The van der Waals surface area contributed by atoms with Crippen LogP contribution in [0.5, 0.6) is 0 Å². The molecule has 0 saturated heterocycles. The van der Waals surface area contributed by atoms with E-state index in [-0.39, 0.29) is 18.2 Å². The molecular weight excluding hydrogens is 312 g/mol. The van der Waals surface area contributed by atoms with E-state index in [0.717, 1.165) is 30.5 Å². The summed E-state index contributed by atoms with van der Waals surface area (Å²) < 4.78 is 0. The van der Waals surface area contributed by atoms with Gasteiger partial charge in [0.1, 0.15) is 6.42 Å². The minimum atomic E-state index is -0.213. The zero-order valence-electron chi connectivity index (χ0n) is 14.8. The average molecular weight is 338 g/mol. The van der Waals surface area contributed by atoms with Crippen LogP contribution in [0, 0.1) is 0 Å². The van der Waals surface area contributed by atoms with Crippen molar-refractivity contribution in [3.63, 3.8) is 0 Å². The highest BCUT2D eigenvalue weighted by molar-refractivity contribution is 6.04. The Kier molecular flexibility index (Phi) is 7.70. The number of para-hydroxylation sites is 1. The first-order chi connectivity index (χ1) is 12.2. The van der Waals surface area contributed by atoms with Gasteiger partial charge in [0, 0.05) is 12.2 Å². The summed E-state index contributed by atoms with van der Waals surface area (Å²) in [4.78, 5) is 26.4. The van der Waals surface area contributed by atoms with Gasteiger partial charge in [0.15, 0.2) is 0 Å².